The summed E-state index contributed by atoms with van der Waals surface area (Å²) in [6, 6.07) is 17.2. The molecule has 4 rings (SSSR count). The average molecular weight is 471 g/mol. The lowest BCUT2D eigenvalue weighted by atomic mass is 10.2. The largest absolute Gasteiger partial charge is 0.307 e. The van der Waals surface area contributed by atoms with Crippen LogP contribution >= 0.6 is 27.5 Å². The van der Waals surface area contributed by atoms with Crippen molar-refractivity contribution in [3.63, 3.8) is 0 Å². The first-order valence-corrected chi connectivity index (χ1v) is 10.1. The predicted octanol–water partition coefficient (Wildman–Crippen LogP) is 4.84. The molecule has 0 aliphatic heterocycles. The van der Waals surface area contributed by atoms with Crippen molar-refractivity contribution in [2.75, 3.05) is 5.32 Å². The van der Waals surface area contributed by atoms with E-state index in [1.165, 1.54) is 0 Å². The first kappa shape index (κ1) is 19.4. The number of hydrogen-bond donors (Lipinski definition) is 1. The molecule has 0 fully saturated rings. The van der Waals surface area contributed by atoms with E-state index >= 15 is 0 Å². The van der Waals surface area contributed by atoms with Crippen LogP contribution in [0.1, 0.15) is 21.5 Å². The summed E-state index contributed by atoms with van der Waals surface area (Å²) >= 11 is 9.74. The summed E-state index contributed by atoms with van der Waals surface area (Å²) in [7, 11) is 0. The van der Waals surface area contributed by atoms with Crippen molar-refractivity contribution in [3.05, 3.63) is 99.4 Å². The van der Waals surface area contributed by atoms with Crippen LogP contribution in [0.5, 0.6) is 0 Å². The minimum Gasteiger partial charge on any atom is -0.307 e. The minimum absolute atomic E-state index is 0.246. The van der Waals surface area contributed by atoms with Crippen molar-refractivity contribution in [3.8, 4) is 0 Å². The van der Waals surface area contributed by atoms with Gasteiger partial charge < -0.3 is 5.32 Å². The highest BCUT2D eigenvalue weighted by molar-refractivity contribution is 9.10. The molecule has 0 radical (unpaired) electrons. The molecule has 0 aliphatic rings. The number of halogens is 2. The number of aromatic nitrogens is 4. The Kier molecular flexibility index (Phi) is 5.78. The van der Waals surface area contributed by atoms with E-state index in [4.69, 9.17) is 11.6 Å². The Morgan fingerprint density at radius 2 is 1.76 bits per heavy atom. The van der Waals surface area contributed by atoms with Gasteiger partial charge >= 0.3 is 0 Å². The van der Waals surface area contributed by atoms with Gasteiger partial charge in [0.15, 0.2) is 0 Å². The molecule has 29 heavy (non-hydrogen) atoms. The van der Waals surface area contributed by atoms with Crippen molar-refractivity contribution < 1.29 is 4.79 Å². The number of carbonyl (C=O) groups excluding carboxylic acids is 1. The highest BCUT2D eigenvalue weighted by Crippen LogP contribution is 2.19. The zero-order valence-corrected chi connectivity index (χ0v) is 17.6. The molecule has 2 heterocycles. The summed E-state index contributed by atoms with van der Waals surface area (Å²) in [4.78, 5) is 12.7. The Labute approximate surface area is 181 Å². The van der Waals surface area contributed by atoms with Crippen LogP contribution in [0.25, 0.3) is 0 Å². The molecule has 6 nitrogen and oxygen atoms in total. The van der Waals surface area contributed by atoms with E-state index < -0.39 is 0 Å². The summed E-state index contributed by atoms with van der Waals surface area (Å²) in [6.07, 6.45) is 4.90. The van der Waals surface area contributed by atoms with Gasteiger partial charge in [-0.2, -0.15) is 10.2 Å². The van der Waals surface area contributed by atoms with E-state index in [1.54, 1.807) is 34.0 Å². The molecule has 0 bridgehead atoms. The molecule has 0 unspecified atom stereocenters. The summed E-state index contributed by atoms with van der Waals surface area (Å²) in [5, 5.41) is 12.2. The van der Waals surface area contributed by atoms with Gasteiger partial charge in [0, 0.05) is 21.8 Å². The van der Waals surface area contributed by atoms with Gasteiger partial charge in [-0.25, -0.2) is 4.68 Å². The van der Waals surface area contributed by atoms with Gasteiger partial charge in [-0.1, -0.05) is 63.9 Å². The maximum Gasteiger partial charge on any atom is 0.259 e. The first-order chi connectivity index (χ1) is 14.1. The van der Waals surface area contributed by atoms with E-state index in [0.29, 0.717) is 29.5 Å². The van der Waals surface area contributed by atoms with Gasteiger partial charge in [0.25, 0.3) is 5.91 Å². The topological polar surface area (TPSA) is 64.7 Å². The van der Waals surface area contributed by atoms with Crippen LogP contribution in [0.15, 0.2) is 77.7 Å². The Balaban J connectivity index is 1.46. The van der Waals surface area contributed by atoms with Crippen molar-refractivity contribution >= 4 is 39.3 Å². The van der Waals surface area contributed by atoms with Crippen molar-refractivity contribution in [2.24, 2.45) is 0 Å². The van der Waals surface area contributed by atoms with Crippen molar-refractivity contribution in [1.82, 2.24) is 19.6 Å². The minimum atomic E-state index is -0.246. The van der Waals surface area contributed by atoms with Gasteiger partial charge in [0.1, 0.15) is 5.82 Å². The molecule has 1 amide bonds. The number of carbonyl (C=O) groups is 1. The highest BCUT2D eigenvalue weighted by atomic mass is 79.9. The number of rotatable bonds is 6. The third-order valence-corrected chi connectivity index (χ3v) is 5.56. The quantitative estimate of drug-likeness (QED) is 0.438. The predicted molar refractivity (Wildman–Crippen MR) is 116 cm³/mol. The lowest BCUT2D eigenvalue weighted by molar-refractivity contribution is 0.102. The van der Waals surface area contributed by atoms with Gasteiger partial charge in [-0.15, -0.1) is 0 Å². The SMILES string of the molecule is O=C(Nc1ccnn1Cc1ccccc1Br)c1cnn(Cc2ccccc2Cl)c1. The van der Waals surface area contributed by atoms with Crippen LogP contribution in [0, 0.1) is 0 Å². The van der Waals surface area contributed by atoms with Crippen LogP contribution in [0.2, 0.25) is 5.02 Å². The van der Waals surface area contributed by atoms with E-state index in [0.717, 1.165) is 15.6 Å². The van der Waals surface area contributed by atoms with Crippen LogP contribution in [-0.2, 0) is 13.1 Å². The molecule has 0 aliphatic carbocycles. The molecule has 0 saturated heterocycles. The number of nitrogens with one attached hydrogen (secondary N) is 1. The monoisotopic (exact) mass is 469 g/mol. The molecule has 0 saturated carbocycles. The summed E-state index contributed by atoms with van der Waals surface area (Å²) < 4.78 is 4.43. The Bertz CT molecular complexity index is 1150. The lowest BCUT2D eigenvalue weighted by Gasteiger charge is -2.09. The highest BCUT2D eigenvalue weighted by Gasteiger charge is 2.13. The third-order valence-electron chi connectivity index (χ3n) is 4.42. The van der Waals surface area contributed by atoms with Crippen LogP contribution in [0.3, 0.4) is 0 Å². The Hall–Kier alpha value is -2.90. The van der Waals surface area contributed by atoms with E-state index in [1.807, 2.05) is 48.5 Å². The molecule has 1 N–H and O–H groups in total. The zero-order valence-electron chi connectivity index (χ0n) is 15.3. The molecule has 0 atom stereocenters. The first-order valence-electron chi connectivity index (χ1n) is 8.92. The summed E-state index contributed by atoms with van der Waals surface area (Å²) in [5.41, 5.74) is 2.47. The molecular formula is C21H17BrClN5O. The van der Waals surface area contributed by atoms with Gasteiger partial charge in [0.2, 0.25) is 0 Å². The second kappa shape index (κ2) is 8.63. The van der Waals surface area contributed by atoms with Crippen LogP contribution < -0.4 is 5.32 Å². The van der Waals surface area contributed by atoms with E-state index in [-0.39, 0.29) is 5.91 Å². The van der Waals surface area contributed by atoms with Crippen molar-refractivity contribution in [1.29, 1.82) is 0 Å². The molecule has 4 aromatic rings. The number of amides is 1. The molecule has 2 aromatic heterocycles. The van der Waals surface area contributed by atoms with Gasteiger partial charge in [0.05, 0.1) is 31.0 Å². The maximum atomic E-state index is 12.7. The number of anilines is 1. The van der Waals surface area contributed by atoms with Gasteiger partial charge in [-0.05, 0) is 23.3 Å². The van der Waals surface area contributed by atoms with Gasteiger partial charge in [-0.3, -0.25) is 9.48 Å². The third kappa shape index (κ3) is 4.58. The van der Waals surface area contributed by atoms with Crippen molar-refractivity contribution in [2.45, 2.75) is 13.1 Å². The van der Waals surface area contributed by atoms with Crippen LogP contribution in [-0.4, -0.2) is 25.5 Å². The van der Waals surface area contributed by atoms with E-state index in [2.05, 4.69) is 31.4 Å². The Morgan fingerprint density at radius 1 is 1.00 bits per heavy atom. The summed E-state index contributed by atoms with van der Waals surface area (Å²) in [5.74, 6) is 0.369. The number of benzene rings is 2. The zero-order chi connectivity index (χ0) is 20.2. The second-order valence-corrected chi connectivity index (χ2v) is 7.70. The number of hydrogen-bond acceptors (Lipinski definition) is 3. The van der Waals surface area contributed by atoms with E-state index in [9.17, 15) is 4.79 Å². The number of nitrogens with zero attached hydrogens (tertiary/aromatic N) is 4. The molecule has 2 aromatic carbocycles. The smallest absolute Gasteiger partial charge is 0.259 e. The fraction of sp³-hybridized carbons (Fsp3) is 0.0952. The summed E-state index contributed by atoms with van der Waals surface area (Å²) in [6.45, 7) is 1.03. The molecule has 8 heteroatoms. The fourth-order valence-corrected chi connectivity index (χ4v) is 3.52. The standard InChI is InChI=1S/C21H17BrClN5O/c22-18-7-3-1-5-15(18)14-28-20(9-10-24-28)26-21(29)17-11-25-27(13-17)12-16-6-2-4-8-19(16)23/h1-11,13H,12,14H2,(H,26,29). The molecule has 146 valence electrons. The van der Waals surface area contributed by atoms with Crippen LogP contribution in [0.4, 0.5) is 5.82 Å². The second-order valence-electron chi connectivity index (χ2n) is 6.44. The molecule has 0 spiro atoms. The normalized spacial score (nSPS) is 10.8. The maximum absolute atomic E-state index is 12.7. The lowest BCUT2D eigenvalue weighted by Crippen LogP contribution is -2.16. The fourth-order valence-electron chi connectivity index (χ4n) is 2.91. The Morgan fingerprint density at radius 3 is 2.55 bits per heavy atom. The molecular weight excluding hydrogens is 454 g/mol. The average Bonchev–Trinajstić information content (AvgIpc) is 3.35.